The van der Waals surface area contributed by atoms with Crippen molar-refractivity contribution in [1.29, 1.82) is 0 Å². The average molecular weight is 894 g/mol. The second kappa shape index (κ2) is 17.2. The van der Waals surface area contributed by atoms with Crippen LogP contribution in [0.25, 0.3) is 60.9 Å². The Balaban J connectivity index is 1.05. The number of nitrogens with zero attached hydrogens (tertiary/aromatic N) is 3. The summed E-state index contributed by atoms with van der Waals surface area (Å²) in [6.07, 6.45) is 0. The highest BCUT2D eigenvalue weighted by molar-refractivity contribution is 6.10. The van der Waals surface area contributed by atoms with Gasteiger partial charge in [-0.2, -0.15) is 0 Å². The molecule has 11 aromatic carbocycles. The van der Waals surface area contributed by atoms with E-state index in [2.05, 4.69) is 299 Å². The SMILES string of the molecule is c1ccc(-c2ccc(-n3c4ccccc4c4ccc(N(c5ccccc5)c5ccc6c(c5)C(c5ccccc5)(N(c5ccccc5)c5cccc(-c7ccccc7)c5)c5ccccc5-6)cc43)cc2)cc1. The van der Waals surface area contributed by atoms with Crippen molar-refractivity contribution < 1.29 is 0 Å². The van der Waals surface area contributed by atoms with Crippen LogP contribution in [-0.2, 0) is 5.54 Å². The first-order chi connectivity index (χ1) is 34.7. The zero-order chi connectivity index (χ0) is 46.4. The maximum Gasteiger partial charge on any atom is 0.122 e. The predicted molar refractivity (Wildman–Crippen MR) is 293 cm³/mol. The van der Waals surface area contributed by atoms with Crippen LogP contribution in [0.5, 0.6) is 0 Å². The number of benzene rings is 11. The van der Waals surface area contributed by atoms with Crippen molar-refractivity contribution in [2.45, 2.75) is 5.54 Å². The number of fused-ring (bicyclic) bond motifs is 6. The number of rotatable bonds is 10. The van der Waals surface area contributed by atoms with Crippen LogP contribution in [-0.4, -0.2) is 4.57 Å². The monoisotopic (exact) mass is 893 g/mol. The number of hydrogen-bond acceptors (Lipinski definition) is 2. The summed E-state index contributed by atoms with van der Waals surface area (Å²) in [5.74, 6) is 0. The summed E-state index contributed by atoms with van der Waals surface area (Å²) >= 11 is 0. The minimum atomic E-state index is -0.787. The molecule has 0 spiro atoms. The van der Waals surface area contributed by atoms with Crippen LogP contribution in [0.4, 0.5) is 28.4 Å². The topological polar surface area (TPSA) is 11.4 Å². The molecule has 1 aromatic heterocycles. The quantitative estimate of drug-likeness (QED) is 0.136. The Bertz CT molecular complexity index is 3810. The zero-order valence-electron chi connectivity index (χ0n) is 38.5. The minimum Gasteiger partial charge on any atom is -0.323 e. The lowest BCUT2D eigenvalue weighted by atomic mass is 9.78. The summed E-state index contributed by atoms with van der Waals surface area (Å²) in [6.45, 7) is 0. The Kier molecular flexibility index (Phi) is 10.1. The van der Waals surface area contributed by atoms with E-state index >= 15 is 0 Å². The standard InChI is InChI=1S/C67H47N3/c1-6-21-48(22-7-1)50-37-39-54(40-38-50)69-65-36-19-17-34-61(65)62-44-42-57(47-66(62)69)68(53-28-12-4-13-29-53)56-41-43-60-59-33-16-18-35-63(59)67(64(60)46-56,52-26-10-3-11-27-52)70(55-30-14-5-15-31-55)58-32-20-25-51(45-58)49-23-8-2-9-24-49/h1-47H. The molecule has 0 saturated carbocycles. The normalized spacial score (nSPS) is 13.8. The van der Waals surface area contributed by atoms with E-state index in [9.17, 15) is 0 Å². The molecule has 12 aromatic rings. The van der Waals surface area contributed by atoms with Gasteiger partial charge in [-0.15, -0.1) is 0 Å². The smallest absolute Gasteiger partial charge is 0.122 e. The van der Waals surface area contributed by atoms with Crippen molar-refractivity contribution in [3.8, 4) is 39.1 Å². The molecule has 1 aliphatic rings. The summed E-state index contributed by atoms with van der Waals surface area (Å²) in [6, 6.07) is 104. The van der Waals surface area contributed by atoms with Gasteiger partial charge in [-0.3, -0.25) is 0 Å². The van der Waals surface area contributed by atoms with Gasteiger partial charge in [-0.05, 0) is 129 Å². The van der Waals surface area contributed by atoms with Gasteiger partial charge >= 0.3 is 0 Å². The first-order valence-electron chi connectivity index (χ1n) is 24.1. The number of aromatic nitrogens is 1. The Morgan fingerprint density at radius 1 is 0.286 bits per heavy atom. The molecule has 1 atom stereocenters. The molecule has 0 N–H and O–H groups in total. The maximum absolute atomic E-state index is 2.59. The van der Waals surface area contributed by atoms with Gasteiger partial charge in [0.15, 0.2) is 0 Å². The third-order valence-corrected chi connectivity index (χ3v) is 14.2. The molecular weight excluding hydrogens is 847 g/mol. The number of hydrogen-bond donors (Lipinski definition) is 0. The van der Waals surface area contributed by atoms with Crippen LogP contribution in [0.3, 0.4) is 0 Å². The number of para-hydroxylation sites is 3. The van der Waals surface area contributed by atoms with Crippen LogP contribution >= 0.6 is 0 Å². The van der Waals surface area contributed by atoms with E-state index in [1.54, 1.807) is 0 Å². The fourth-order valence-corrected chi connectivity index (χ4v) is 11.1. The highest BCUT2D eigenvalue weighted by atomic mass is 15.2. The van der Waals surface area contributed by atoms with Crippen molar-refractivity contribution in [3.63, 3.8) is 0 Å². The average Bonchev–Trinajstić information content (AvgIpc) is 3.92. The molecule has 330 valence electrons. The van der Waals surface area contributed by atoms with E-state index in [0.29, 0.717) is 0 Å². The predicted octanol–water partition coefficient (Wildman–Crippen LogP) is 17.7. The van der Waals surface area contributed by atoms with E-state index in [1.807, 2.05) is 0 Å². The summed E-state index contributed by atoms with van der Waals surface area (Å²) in [5, 5.41) is 2.44. The third-order valence-electron chi connectivity index (χ3n) is 14.2. The zero-order valence-corrected chi connectivity index (χ0v) is 38.5. The molecule has 1 aliphatic carbocycles. The second-order valence-electron chi connectivity index (χ2n) is 18.1. The Labute approximate surface area is 409 Å². The highest BCUT2D eigenvalue weighted by Gasteiger charge is 2.50. The Morgan fingerprint density at radius 2 is 0.800 bits per heavy atom. The lowest BCUT2D eigenvalue weighted by Crippen LogP contribution is -2.44. The summed E-state index contributed by atoms with van der Waals surface area (Å²) in [5.41, 5.74) is 18.9. The molecule has 3 nitrogen and oxygen atoms in total. The molecule has 0 aliphatic heterocycles. The molecule has 0 bridgehead atoms. The molecule has 1 unspecified atom stereocenters. The molecule has 3 heteroatoms. The highest BCUT2D eigenvalue weighted by Crippen LogP contribution is 2.59. The summed E-state index contributed by atoms with van der Waals surface area (Å²) in [7, 11) is 0. The van der Waals surface area contributed by atoms with Gasteiger partial charge in [0.25, 0.3) is 0 Å². The molecule has 1 heterocycles. The first kappa shape index (κ1) is 41.0. The summed E-state index contributed by atoms with van der Waals surface area (Å²) < 4.78 is 2.42. The van der Waals surface area contributed by atoms with Crippen molar-refractivity contribution in [3.05, 3.63) is 302 Å². The van der Waals surface area contributed by atoms with Crippen molar-refractivity contribution in [1.82, 2.24) is 4.57 Å². The van der Waals surface area contributed by atoms with Gasteiger partial charge in [0.2, 0.25) is 0 Å². The first-order valence-corrected chi connectivity index (χ1v) is 24.1. The fourth-order valence-electron chi connectivity index (χ4n) is 11.1. The van der Waals surface area contributed by atoms with Crippen LogP contribution < -0.4 is 9.80 Å². The van der Waals surface area contributed by atoms with Crippen LogP contribution in [0.1, 0.15) is 16.7 Å². The lowest BCUT2D eigenvalue weighted by molar-refractivity contribution is 0.644. The van der Waals surface area contributed by atoms with E-state index in [4.69, 9.17) is 0 Å². The van der Waals surface area contributed by atoms with Crippen molar-refractivity contribution in [2.75, 3.05) is 9.80 Å². The molecular formula is C67H47N3. The van der Waals surface area contributed by atoms with Gasteiger partial charge in [0.05, 0.1) is 11.0 Å². The van der Waals surface area contributed by atoms with Gasteiger partial charge in [0, 0.05) is 44.9 Å². The summed E-state index contributed by atoms with van der Waals surface area (Å²) in [4.78, 5) is 5.02. The van der Waals surface area contributed by atoms with Crippen LogP contribution in [0.2, 0.25) is 0 Å². The maximum atomic E-state index is 2.59. The number of anilines is 5. The van der Waals surface area contributed by atoms with E-state index in [0.717, 1.165) is 45.2 Å². The third kappa shape index (κ3) is 6.74. The molecule has 0 amide bonds. The lowest BCUT2D eigenvalue weighted by Gasteiger charge is -2.45. The largest absolute Gasteiger partial charge is 0.323 e. The minimum absolute atomic E-state index is 0.787. The second-order valence-corrected chi connectivity index (χ2v) is 18.1. The molecule has 0 fully saturated rings. The van der Waals surface area contributed by atoms with Gasteiger partial charge in [0.1, 0.15) is 5.54 Å². The van der Waals surface area contributed by atoms with Crippen LogP contribution in [0.15, 0.2) is 285 Å². The fraction of sp³-hybridized carbons (Fsp3) is 0.0149. The molecule has 70 heavy (non-hydrogen) atoms. The van der Waals surface area contributed by atoms with Crippen molar-refractivity contribution in [2.24, 2.45) is 0 Å². The van der Waals surface area contributed by atoms with Crippen molar-refractivity contribution >= 4 is 50.2 Å². The van der Waals surface area contributed by atoms with Gasteiger partial charge in [-0.1, -0.05) is 206 Å². The van der Waals surface area contributed by atoms with E-state index in [-0.39, 0.29) is 0 Å². The van der Waals surface area contributed by atoms with Gasteiger partial charge < -0.3 is 14.4 Å². The van der Waals surface area contributed by atoms with E-state index < -0.39 is 5.54 Å². The van der Waals surface area contributed by atoms with Crippen LogP contribution in [0, 0.1) is 0 Å². The van der Waals surface area contributed by atoms with Gasteiger partial charge in [-0.25, -0.2) is 0 Å². The molecule has 0 saturated heterocycles. The van der Waals surface area contributed by atoms with E-state index in [1.165, 1.54) is 60.8 Å². The molecule has 13 rings (SSSR count). The Morgan fingerprint density at radius 3 is 1.53 bits per heavy atom. The molecule has 0 radical (unpaired) electrons. The Hall–Kier alpha value is -9.18.